The first kappa shape index (κ1) is 18.3. The van der Waals surface area contributed by atoms with Crippen molar-refractivity contribution >= 4 is 0 Å². The fraction of sp³-hybridized carbons (Fsp3) is 1.00. The number of quaternary nitrogens is 1. The molecule has 0 aromatic heterocycles. The summed E-state index contributed by atoms with van der Waals surface area (Å²) in [5, 5.41) is 10.7. The Hall–Kier alpha value is -0.120. The van der Waals surface area contributed by atoms with E-state index in [2.05, 4.69) is 13.8 Å². The van der Waals surface area contributed by atoms with Crippen molar-refractivity contribution in [2.24, 2.45) is 5.73 Å². The average molecular weight is 232 g/mol. The smallest absolute Gasteiger partial charge is 0.0792 e. The van der Waals surface area contributed by atoms with Gasteiger partial charge in [0, 0.05) is 6.42 Å². The van der Waals surface area contributed by atoms with Crippen molar-refractivity contribution in [2.75, 3.05) is 27.2 Å². The minimum absolute atomic E-state index is 0.225. The largest absolute Gasteiger partial charge is 0.633 e. The minimum Gasteiger partial charge on any atom is -0.633 e. The van der Waals surface area contributed by atoms with Crippen molar-refractivity contribution < 1.29 is 4.65 Å². The molecule has 0 aliphatic rings. The number of hydrogen-bond donors (Lipinski definition) is 1. The first-order valence-corrected chi connectivity index (χ1v) is 6.72. The quantitative estimate of drug-likeness (QED) is 0.396. The zero-order chi connectivity index (χ0) is 12.9. The van der Waals surface area contributed by atoms with E-state index in [4.69, 9.17) is 5.73 Å². The van der Waals surface area contributed by atoms with Crippen molar-refractivity contribution in [2.45, 2.75) is 58.8 Å². The molecule has 0 unspecified atom stereocenters. The number of rotatable bonds is 8. The lowest BCUT2D eigenvalue weighted by Gasteiger charge is -2.33. The molecule has 0 amide bonds. The summed E-state index contributed by atoms with van der Waals surface area (Å²) in [5.74, 6) is 0. The maximum Gasteiger partial charge on any atom is 0.0792 e. The second-order valence-electron chi connectivity index (χ2n) is 4.85. The molecule has 0 aliphatic carbocycles. The van der Waals surface area contributed by atoms with Crippen LogP contribution in [-0.2, 0) is 0 Å². The van der Waals surface area contributed by atoms with Gasteiger partial charge in [-0.2, -0.15) is 0 Å². The Morgan fingerprint density at radius 3 is 1.50 bits per heavy atom. The van der Waals surface area contributed by atoms with Crippen LogP contribution in [0.1, 0.15) is 58.8 Å². The molecule has 100 valence electrons. The lowest BCUT2D eigenvalue weighted by molar-refractivity contribution is -0.840. The van der Waals surface area contributed by atoms with Crippen molar-refractivity contribution in [3.05, 3.63) is 5.21 Å². The van der Waals surface area contributed by atoms with Gasteiger partial charge in [-0.3, -0.25) is 0 Å². The number of hydrogen-bond acceptors (Lipinski definition) is 2. The van der Waals surface area contributed by atoms with Crippen LogP contribution in [0.5, 0.6) is 0 Å². The SMILES string of the molecule is CCCCCCCC.C[N+](C)([O-])CCCN. The Morgan fingerprint density at radius 2 is 1.31 bits per heavy atom. The Balaban J connectivity index is 0. The maximum atomic E-state index is 10.7. The highest BCUT2D eigenvalue weighted by Gasteiger charge is 1.97. The molecule has 0 aromatic rings. The molecule has 0 rings (SSSR count). The van der Waals surface area contributed by atoms with E-state index in [-0.39, 0.29) is 4.65 Å². The molecule has 3 heteroatoms. The van der Waals surface area contributed by atoms with Crippen LogP contribution in [-0.4, -0.2) is 31.8 Å². The van der Waals surface area contributed by atoms with E-state index in [1.165, 1.54) is 38.5 Å². The second-order valence-corrected chi connectivity index (χ2v) is 4.85. The Labute approximate surface area is 102 Å². The highest BCUT2D eigenvalue weighted by molar-refractivity contribution is 4.39. The van der Waals surface area contributed by atoms with Crippen LogP contribution < -0.4 is 5.73 Å². The van der Waals surface area contributed by atoms with E-state index in [1.807, 2.05) is 0 Å². The van der Waals surface area contributed by atoms with Crippen molar-refractivity contribution in [1.29, 1.82) is 0 Å². The summed E-state index contributed by atoms with van der Waals surface area (Å²) < 4.78 is -0.225. The van der Waals surface area contributed by atoms with E-state index >= 15 is 0 Å². The van der Waals surface area contributed by atoms with Gasteiger partial charge in [-0.25, -0.2) is 0 Å². The molecule has 0 bridgehead atoms. The first-order valence-electron chi connectivity index (χ1n) is 6.72. The fourth-order valence-corrected chi connectivity index (χ4v) is 1.33. The molecule has 3 nitrogen and oxygen atoms in total. The predicted molar refractivity (Wildman–Crippen MR) is 73.1 cm³/mol. The van der Waals surface area contributed by atoms with E-state index in [1.54, 1.807) is 14.1 Å². The number of nitrogens with two attached hydrogens (primary N) is 1. The van der Waals surface area contributed by atoms with Gasteiger partial charge < -0.3 is 15.6 Å². The predicted octanol–water partition coefficient (Wildman–Crippen LogP) is 3.28. The minimum atomic E-state index is -0.225. The molecule has 0 spiro atoms. The van der Waals surface area contributed by atoms with Crippen LogP contribution in [0.2, 0.25) is 0 Å². The zero-order valence-electron chi connectivity index (χ0n) is 11.8. The Kier molecular flexibility index (Phi) is 14.8. The lowest BCUT2D eigenvalue weighted by Crippen LogP contribution is -2.34. The van der Waals surface area contributed by atoms with Crippen LogP contribution in [0.25, 0.3) is 0 Å². The van der Waals surface area contributed by atoms with Crippen LogP contribution in [0.3, 0.4) is 0 Å². The molecule has 0 saturated carbocycles. The molecule has 16 heavy (non-hydrogen) atoms. The fourth-order valence-electron chi connectivity index (χ4n) is 1.33. The van der Waals surface area contributed by atoms with Gasteiger partial charge >= 0.3 is 0 Å². The van der Waals surface area contributed by atoms with Gasteiger partial charge in [0.1, 0.15) is 0 Å². The summed E-state index contributed by atoms with van der Waals surface area (Å²) in [6.45, 7) is 5.75. The highest BCUT2D eigenvalue weighted by Crippen LogP contribution is 2.03. The van der Waals surface area contributed by atoms with Gasteiger partial charge in [0.05, 0.1) is 20.6 Å². The summed E-state index contributed by atoms with van der Waals surface area (Å²) in [6.07, 6.45) is 9.30. The molecular weight excluding hydrogens is 200 g/mol. The van der Waals surface area contributed by atoms with Crippen LogP contribution in [0.4, 0.5) is 0 Å². The molecule has 0 heterocycles. The molecule has 0 fully saturated rings. The number of hydroxylamine groups is 3. The monoisotopic (exact) mass is 232 g/mol. The highest BCUT2D eigenvalue weighted by atomic mass is 16.5. The molecule has 0 aliphatic heterocycles. The average Bonchev–Trinajstić information content (AvgIpc) is 2.22. The number of nitrogens with zero attached hydrogens (tertiary/aromatic N) is 1. The maximum absolute atomic E-state index is 10.7. The van der Waals surface area contributed by atoms with E-state index < -0.39 is 0 Å². The second kappa shape index (κ2) is 12.9. The van der Waals surface area contributed by atoms with Crippen molar-refractivity contribution in [3.8, 4) is 0 Å². The third-order valence-corrected chi connectivity index (χ3v) is 2.36. The summed E-state index contributed by atoms with van der Waals surface area (Å²) in [5.41, 5.74) is 5.19. The third kappa shape index (κ3) is 23.6. The van der Waals surface area contributed by atoms with Gasteiger partial charge in [-0.1, -0.05) is 52.4 Å². The van der Waals surface area contributed by atoms with Gasteiger partial charge in [0.25, 0.3) is 0 Å². The molecular formula is C13H32N2O. The van der Waals surface area contributed by atoms with Crippen LogP contribution in [0, 0.1) is 5.21 Å². The van der Waals surface area contributed by atoms with Crippen molar-refractivity contribution in [1.82, 2.24) is 0 Å². The Bertz CT molecular complexity index is 116. The van der Waals surface area contributed by atoms with Gasteiger partial charge in [-0.15, -0.1) is 0 Å². The topological polar surface area (TPSA) is 49.1 Å². The molecule has 0 saturated heterocycles. The zero-order valence-corrected chi connectivity index (χ0v) is 11.8. The summed E-state index contributed by atoms with van der Waals surface area (Å²) in [6, 6.07) is 0. The molecule has 2 N–H and O–H groups in total. The normalized spacial score (nSPS) is 10.9. The summed E-state index contributed by atoms with van der Waals surface area (Å²) in [7, 11) is 3.24. The standard InChI is InChI=1S/C8H18.C5H14N2O/c1-3-5-7-8-6-4-2;1-7(2,8)5-3-4-6/h3-8H2,1-2H3;3-6H2,1-2H3. The molecule has 0 radical (unpaired) electrons. The first-order chi connectivity index (χ1) is 7.47. The van der Waals surface area contributed by atoms with E-state index in [0.717, 1.165) is 6.42 Å². The lowest BCUT2D eigenvalue weighted by atomic mass is 10.1. The summed E-state index contributed by atoms with van der Waals surface area (Å²) >= 11 is 0. The van der Waals surface area contributed by atoms with E-state index in [0.29, 0.717) is 13.1 Å². The third-order valence-electron chi connectivity index (χ3n) is 2.36. The van der Waals surface area contributed by atoms with E-state index in [9.17, 15) is 5.21 Å². The van der Waals surface area contributed by atoms with Crippen LogP contribution >= 0.6 is 0 Å². The van der Waals surface area contributed by atoms with Crippen molar-refractivity contribution in [3.63, 3.8) is 0 Å². The summed E-state index contributed by atoms with van der Waals surface area (Å²) in [4.78, 5) is 0. The van der Waals surface area contributed by atoms with Gasteiger partial charge in [0.2, 0.25) is 0 Å². The Morgan fingerprint density at radius 1 is 0.875 bits per heavy atom. The number of unbranched alkanes of at least 4 members (excludes halogenated alkanes) is 5. The van der Waals surface area contributed by atoms with Crippen LogP contribution in [0.15, 0.2) is 0 Å². The van der Waals surface area contributed by atoms with Gasteiger partial charge in [-0.05, 0) is 6.54 Å². The molecule has 0 aromatic carbocycles. The van der Waals surface area contributed by atoms with Gasteiger partial charge in [0.15, 0.2) is 0 Å². The molecule has 0 atom stereocenters.